The fraction of sp³-hybridized carbons (Fsp3) is 0.375. The van der Waals surface area contributed by atoms with E-state index in [1.807, 2.05) is 48.5 Å². The standard InChI is InChI=1S/C30H33N3O4.C2HF3O2/c34-28(20-23-8-7-15-31-21-23)32-16-19-33-17-13-24(14-18-33)27(22-33)37-29(35)30(36,25-9-3-1-4-10-25)26-11-5-2-6-12-26;3-2(4,5)1(6)7/h1-12,15,21,24,27,36H,13-14,16-20,22H2;(H,6,7)/t24?,27-,33?;/m0./s1. The Labute approximate surface area is 252 Å². The van der Waals surface area contributed by atoms with Crippen LogP contribution in [0, 0.1) is 5.92 Å². The van der Waals surface area contributed by atoms with Gasteiger partial charge >= 0.3 is 12.1 Å². The summed E-state index contributed by atoms with van der Waals surface area (Å²) in [4.78, 5) is 38.9. The maximum Gasteiger partial charge on any atom is 0.430 e. The molecule has 0 saturated carbocycles. The Kier molecular flexibility index (Phi) is 10.4. The minimum Gasteiger partial charge on any atom is -0.542 e. The van der Waals surface area contributed by atoms with Gasteiger partial charge in [0.25, 0.3) is 0 Å². The van der Waals surface area contributed by atoms with Crippen molar-refractivity contribution in [1.29, 1.82) is 0 Å². The Morgan fingerprint density at radius 3 is 2.02 bits per heavy atom. The van der Waals surface area contributed by atoms with Crippen molar-refractivity contribution < 1.29 is 47.0 Å². The largest absolute Gasteiger partial charge is 0.542 e. The van der Waals surface area contributed by atoms with Gasteiger partial charge in [-0.05, 0) is 22.8 Å². The molecule has 3 saturated heterocycles. The molecule has 234 valence electrons. The molecule has 1 atom stereocenters. The summed E-state index contributed by atoms with van der Waals surface area (Å²) in [5.74, 6) is -3.36. The van der Waals surface area contributed by atoms with Crippen LogP contribution in [0.25, 0.3) is 0 Å². The quantitative estimate of drug-likeness (QED) is 0.280. The van der Waals surface area contributed by atoms with Crippen LogP contribution in [0.15, 0.2) is 85.2 Å². The smallest absolute Gasteiger partial charge is 0.430 e. The van der Waals surface area contributed by atoms with Gasteiger partial charge in [0.05, 0.1) is 32.6 Å². The maximum absolute atomic E-state index is 13.7. The Hall–Kier alpha value is -4.29. The van der Waals surface area contributed by atoms with Crippen molar-refractivity contribution in [2.24, 2.45) is 5.92 Å². The lowest BCUT2D eigenvalue weighted by Gasteiger charge is -2.52. The highest BCUT2D eigenvalue weighted by molar-refractivity contribution is 5.85. The van der Waals surface area contributed by atoms with Gasteiger partial charge in [0.1, 0.15) is 12.5 Å². The zero-order valence-electron chi connectivity index (χ0n) is 23.9. The van der Waals surface area contributed by atoms with Gasteiger partial charge in [-0.15, -0.1) is 0 Å². The number of nitrogens with zero attached hydrogens (tertiary/aromatic N) is 2. The van der Waals surface area contributed by atoms with Gasteiger partial charge in [-0.2, -0.15) is 13.2 Å². The lowest BCUT2D eigenvalue weighted by molar-refractivity contribution is -0.945. The summed E-state index contributed by atoms with van der Waals surface area (Å²) in [5.41, 5.74) is 0.00198. The predicted octanol–water partition coefficient (Wildman–Crippen LogP) is 2.13. The number of hydrogen-bond acceptors (Lipinski definition) is 7. The van der Waals surface area contributed by atoms with E-state index in [2.05, 4.69) is 10.3 Å². The van der Waals surface area contributed by atoms with Crippen molar-refractivity contribution >= 4 is 17.8 Å². The Bertz CT molecular complexity index is 1360. The van der Waals surface area contributed by atoms with Gasteiger partial charge in [0.2, 0.25) is 11.5 Å². The molecule has 0 unspecified atom stereocenters. The molecule has 2 aromatic carbocycles. The molecule has 9 nitrogen and oxygen atoms in total. The molecule has 2 N–H and O–H groups in total. The summed E-state index contributed by atoms with van der Waals surface area (Å²) in [6.45, 7) is 4.09. The van der Waals surface area contributed by atoms with Crippen molar-refractivity contribution in [3.8, 4) is 0 Å². The summed E-state index contributed by atoms with van der Waals surface area (Å²) >= 11 is 0. The first-order valence-electron chi connectivity index (χ1n) is 14.3. The third kappa shape index (κ3) is 8.00. The maximum atomic E-state index is 13.7. The van der Waals surface area contributed by atoms with E-state index < -0.39 is 23.7 Å². The molecule has 1 aromatic heterocycles. The number of amides is 1. The SMILES string of the molecule is O=C(Cc1cccnc1)NCC[N+]12CCC(CC1)[C@@H](OC(=O)C(O)(c1ccccc1)c1ccccc1)C2.O=C([O-])C(F)(F)F. The summed E-state index contributed by atoms with van der Waals surface area (Å²) in [7, 11) is 0. The molecular formula is C32H34F3N3O6. The number of aliphatic carboxylic acids is 1. The number of benzene rings is 2. The lowest BCUT2D eigenvalue weighted by atomic mass is 9.82. The summed E-state index contributed by atoms with van der Waals surface area (Å²) in [5, 5.41) is 23.6. The average molecular weight is 614 g/mol. The number of aliphatic hydroxyl groups is 1. The number of carboxylic acid groups (broad SMARTS) is 1. The fourth-order valence-corrected chi connectivity index (χ4v) is 5.84. The molecule has 2 bridgehead atoms. The molecule has 3 aromatic rings. The lowest BCUT2D eigenvalue weighted by Crippen LogP contribution is -2.66. The first-order valence-corrected chi connectivity index (χ1v) is 14.3. The highest BCUT2D eigenvalue weighted by Gasteiger charge is 2.50. The number of fused-ring (bicyclic) bond motifs is 3. The van der Waals surface area contributed by atoms with Crippen LogP contribution in [0.1, 0.15) is 29.5 Å². The number of halogens is 3. The number of nitrogens with one attached hydrogen (secondary N) is 1. The number of ether oxygens (including phenoxy) is 1. The zero-order chi connectivity index (χ0) is 31.8. The number of carboxylic acids is 1. The van der Waals surface area contributed by atoms with Gasteiger partial charge in [-0.3, -0.25) is 9.78 Å². The molecule has 3 aliphatic rings. The van der Waals surface area contributed by atoms with Crippen LogP contribution in [-0.2, 0) is 31.1 Å². The third-order valence-electron chi connectivity index (χ3n) is 8.21. The highest BCUT2D eigenvalue weighted by Crippen LogP contribution is 2.38. The van der Waals surface area contributed by atoms with Crippen molar-refractivity contribution in [3.63, 3.8) is 0 Å². The number of quaternary nitrogens is 1. The van der Waals surface area contributed by atoms with E-state index in [0.29, 0.717) is 36.6 Å². The van der Waals surface area contributed by atoms with Gasteiger partial charge in [0.15, 0.2) is 6.10 Å². The first kappa shape index (κ1) is 32.6. The zero-order valence-corrected chi connectivity index (χ0v) is 23.9. The van der Waals surface area contributed by atoms with E-state index in [1.165, 1.54) is 0 Å². The number of alkyl halides is 3. The molecule has 3 fully saturated rings. The number of hydrogen-bond donors (Lipinski definition) is 2. The minimum atomic E-state index is -5.19. The molecule has 4 heterocycles. The summed E-state index contributed by atoms with van der Waals surface area (Å²) < 4.78 is 38.5. The Morgan fingerprint density at radius 2 is 1.52 bits per heavy atom. The van der Waals surface area contributed by atoms with E-state index in [0.717, 1.165) is 42.5 Å². The van der Waals surface area contributed by atoms with E-state index in [4.69, 9.17) is 14.6 Å². The highest BCUT2D eigenvalue weighted by atomic mass is 19.4. The Balaban J connectivity index is 0.000000566. The van der Waals surface area contributed by atoms with Crippen molar-refractivity contribution in [3.05, 3.63) is 102 Å². The van der Waals surface area contributed by atoms with Gasteiger partial charge in [-0.1, -0.05) is 66.7 Å². The third-order valence-corrected chi connectivity index (χ3v) is 8.21. The van der Waals surface area contributed by atoms with Crippen LogP contribution in [0.5, 0.6) is 0 Å². The molecule has 3 aliphatic heterocycles. The topological polar surface area (TPSA) is 129 Å². The van der Waals surface area contributed by atoms with E-state index in [-0.39, 0.29) is 12.0 Å². The number of rotatable bonds is 9. The van der Waals surface area contributed by atoms with Crippen LogP contribution < -0.4 is 10.4 Å². The second-order valence-corrected chi connectivity index (χ2v) is 11.1. The average Bonchev–Trinajstić information content (AvgIpc) is 3.02. The van der Waals surface area contributed by atoms with Crippen molar-refractivity contribution in [2.45, 2.75) is 37.1 Å². The number of pyridine rings is 1. The Morgan fingerprint density at radius 1 is 0.955 bits per heavy atom. The number of carbonyl (C=O) groups is 3. The molecule has 0 radical (unpaired) electrons. The van der Waals surface area contributed by atoms with E-state index in [9.17, 15) is 27.9 Å². The van der Waals surface area contributed by atoms with E-state index >= 15 is 0 Å². The normalized spacial score (nSPS) is 21.0. The molecule has 0 aliphatic carbocycles. The molecule has 44 heavy (non-hydrogen) atoms. The molecule has 12 heteroatoms. The van der Waals surface area contributed by atoms with Gasteiger partial charge in [0, 0.05) is 31.2 Å². The first-order chi connectivity index (χ1) is 20.9. The monoisotopic (exact) mass is 613 g/mol. The van der Waals surface area contributed by atoms with Crippen LogP contribution in [0.4, 0.5) is 13.2 Å². The van der Waals surface area contributed by atoms with Gasteiger partial charge in [-0.25, -0.2) is 4.79 Å². The second kappa shape index (κ2) is 14.0. The number of carbonyl (C=O) groups excluding carboxylic acids is 3. The molecule has 6 rings (SSSR count). The van der Waals surface area contributed by atoms with Crippen LogP contribution >= 0.6 is 0 Å². The molecular weight excluding hydrogens is 579 g/mol. The fourth-order valence-electron chi connectivity index (χ4n) is 5.84. The number of aromatic nitrogens is 1. The second-order valence-electron chi connectivity index (χ2n) is 11.1. The minimum absolute atomic E-state index is 0.0168. The molecule has 0 spiro atoms. The predicted molar refractivity (Wildman–Crippen MR) is 150 cm³/mol. The molecule has 1 amide bonds. The van der Waals surface area contributed by atoms with Crippen molar-refractivity contribution in [2.75, 3.05) is 32.7 Å². The van der Waals surface area contributed by atoms with Crippen molar-refractivity contribution in [1.82, 2.24) is 10.3 Å². The number of piperidine rings is 3. The summed E-state index contributed by atoms with van der Waals surface area (Å²) in [6, 6.07) is 21.7. The van der Waals surface area contributed by atoms with Crippen LogP contribution in [0.3, 0.4) is 0 Å². The number of esters is 1. The van der Waals surface area contributed by atoms with Crippen LogP contribution in [-0.4, -0.2) is 77.4 Å². The van der Waals surface area contributed by atoms with Crippen LogP contribution in [0.2, 0.25) is 0 Å². The van der Waals surface area contributed by atoms with E-state index in [1.54, 1.807) is 36.7 Å². The van der Waals surface area contributed by atoms with Gasteiger partial charge < -0.3 is 29.5 Å². The summed E-state index contributed by atoms with van der Waals surface area (Å²) in [6.07, 6.45) is 0.199.